The molecule has 1 rings (SSSR count). The lowest BCUT2D eigenvalue weighted by Crippen LogP contribution is -2.44. The van der Waals surface area contributed by atoms with Crippen LogP contribution in [0.3, 0.4) is 0 Å². The quantitative estimate of drug-likeness (QED) is 0.275. The van der Waals surface area contributed by atoms with E-state index in [1.165, 1.54) is 19.3 Å². The third-order valence-electron chi connectivity index (χ3n) is 5.13. The largest absolute Gasteiger partial charge is 0.494 e. The fourth-order valence-electron chi connectivity index (χ4n) is 3.38. The second kappa shape index (κ2) is 15.7. The van der Waals surface area contributed by atoms with Crippen LogP contribution in [-0.2, 0) is 16.1 Å². The Bertz CT molecular complexity index is 705. The van der Waals surface area contributed by atoms with Crippen molar-refractivity contribution in [3.8, 4) is 5.75 Å². The summed E-state index contributed by atoms with van der Waals surface area (Å²) >= 11 is 0. The Morgan fingerprint density at radius 1 is 0.714 bits per heavy atom. The number of amides is 2. The first-order valence-corrected chi connectivity index (χ1v) is 13.0. The normalized spacial score (nSPS) is 11.7. The van der Waals surface area contributed by atoms with E-state index in [-0.39, 0.29) is 6.61 Å². The third-order valence-corrected chi connectivity index (χ3v) is 5.13. The summed E-state index contributed by atoms with van der Waals surface area (Å²) in [4.78, 5) is 26.1. The molecule has 0 atom stereocenters. The predicted octanol–water partition coefficient (Wildman–Crippen LogP) is 7.24. The van der Waals surface area contributed by atoms with Crippen LogP contribution in [0.5, 0.6) is 5.75 Å². The first-order valence-electron chi connectivity index (χ1n) is 13.0. The van der Waals surface area contributed by atoms with Crippen LogP contribution in [0.2, 0.25) is 0 Å². The molecule has 0 aliphatic carbocycles. The molecule has 7 nitrogen and oxygen atoms in total. The van der Waals surface area contributed by atoms with E-state index in [9.17, 15) is 9.59 Å². The van der Waals surface area contributed by atoms with E-state index in [1.807, 2.05) is 24.3 Å². The summed E-state index contributed by atoms with van der Waals surface area (Å²) in [6, 6.07) is 7.54. The van der Waals surface area contributed by atoms with Crippen LogP contribution in [-0.4, -0.2) is 46.5 Å². The Hall–Kier alpha value is -2.28. The summed E-state index contributed by atoms with van der Waals surface area (Å²) in [6.07, 6.45) is 8.35. The number of hydrogen-bond donors (Lipinski definition) is 1. The smallest absolute Gasteiger partial charge is 0.419 e. The maximum absolute atomic E-state index is 12.5. The molecule has 0 spiro atoms. The second-order valence-electron chi connectivity index (χ2n) is 10.9. The summed E-state index contributed by atoms with van der Waals surface area (Å²) in [5.41, 5.74) is -0.453. The van der Waals surface area contributed by atoms with Crippen molar-refractivity contribution in [2.45, 2.75) is 117 Å². The number of unbranched alkanes of at least 4 members (excludes halogenated alkanes) is 8. The van der Waals surface area contributed by atoms with Crippen molar-refractivity contribution in [1.82, 2.24) is 4.90 Å². The van der Waals surface area contributed by atoms with Gasteiger partial charge in [0.05, 0.1) is 13.2 Å². The molecule has 0 aliphatic heterocycles. The van der Waals surface area contributed by atoms with Crippen molar-refractivity contribution in [1.29, 1.82) is 0 Å². The van der Waals surface area contributed by atoms with E-state index in [0.717, 1.165) is 54.7 Å². The maximum Gasteiger partial charge on any atom is 0.419 e. The molecule has 0 fully saturated rings. The van der Waals surface area contributed by atoms with Gasteiger partial charge in [0.25, 0.3) is 0 Å². The highest BCUT2D eigenvalue weighted by molar-refractivity contribution is 5.88. The minimum absolute atomic E-state index is 0.0525. The number of benzene rings is 1. The molecule has 0 unspecified atom stereocenters. The zero-order valence-corrected chi connectivity index (χ0v) is 22.7. The highest BCUT2D eigenvalue weighted by atomic mass is 16.6. The Morgan fingerprint density at radius 3 is 1.57 bits per heavy atom. The van der Waals surface area contributed by atoms with Crippen LogP contribution in [0.1, 0.15) is 105 Å². The number of ether oxygens (including phenoxy) is 3. The highest BCUT2D eigenvalue weighted by Crippen LogP contribution is 2.17. The van der Waals surface area contributed by atoms with Gasteiger partial charge in [0, 0.05) is 6.54 Å². The zero-order chi connectivity index (χ0) is 26.3. The Labute approximate surface area is 212 Å². The average molecular weight is 494 g/mol. The lowest BCUT2D eigenvalue weighted by Gasteiger charge is -2.28. The highest BCUT2D eigenvalue weighted by Gasteiger charge is 2.30. The monoisotopic (exact) mass is 493 g/mol. The van der Waals surface area contributed by atoms with Crippen molar-refractivity contribution in [3.05, 3.63) is 29.8 Å². The topological polar surface area (TPSA) is 85.3 Å². The van der Waals surface area contributed by atoms with Crippen molar-refractivity contribution in [2.24, 2.45) is 0 Å². The van der Waals surface area contributed by atoms with Crippen LogP contribution in [0.4, 0.5) is 9.59 Å². The van der Waals surface area contributed by atoms with E-state index < -0.39 is 23.4 Å². The van der Waals surface area contributed by atoms with Crippen LogP contribution < -0.4 is 4.74 Å². The summed E-state index contributed by atoms with van der Waals surface area (Å²) < 4.78 is 16.5. The molecule has 0 saturated heterocycles. The molecule has 0 heterocycles. The molecule has 0 aliphatic rings. The number of aliphatic hydroxyl groups is 1. The molecule has 200 valence electrons. The van der Waals surface area contributed by atoms with E-state index in [0.29, 0.717) is 13.2 Å². The van der Waals surface area contributed by atoms with Crippen molar-refractivity contribution in [3.63, 3.8) is 0 Å². The number of carbonyl (C=O) groups is 2. The summed E-state index contributed by atoms with van der Waals surface area (Å²) in [5, 5.41) is 9.06. The number of nitrogens with zero attached hydrogens (tertiary/aromatic N) is 1. The molecule has 35 heavy (non-hydrogen) atoms. The minimum atomic E-state index is -0.671. The van der Waals surface area contributed by atoms with Crippen LogP contribution in [0, 0.1) is 0 Å². The fraction of sp³-hybridized carbons (Fsp3) is 0.714. The van der Waals surface area contributed by atoms with Crippen LogP contribution in [0.15, 0.2) is 24.3 Å². The minimum Gasteiger partial charge on any atom is -0.494 e. The van der Waals surface area contributed by atoms with Crippen LogP contribution in [0.25, 0.3) is 0 Å². The van der Waals surface area contributed by atoms with Gasteiger partial charge < -0.3 is 19.3 Å². The van der Waals surface area contributed by atoms with E-state index in [4.69, 9.17) is 19.3 Å². The van der Waals surface area contributed by atoms with Gasteiger partial charge in [-0.05, 0) is 72.1 Å². The van der Waals surface area contributed by atoms with Gasteiger partial charge in [0.1, 0.15) is 17.0 Å². The van der Waals surface area contributed by atoms with Gasteiger partial charge in [-0.15, -0.1) is 0 Å². The number of rotatable bonds is 14. The lowest BCUT2D eigenvalue weighted by molar-refractivity contribution is 0.00118. The molecule has 1 aromatic rings. The summed E-state index contributed by atoms with van der Waals surface area (Å²) in [7, 11) is 0. The van der Waals surface area contributed by atoms with Gasteiger partial charge in [-0.25, -0.2) is 14.5 Å². The summed E-state index contributed by atoms with van der Waals surface area (Å²) in [5.74, 6) is 0.846. The molecule has 1 aromatic carbocycles. The maximum atomic E-state index is 12.5. The van der Waals surface area contributed by atoms with Gasteiger partial charge in [-0.1, -0.05) is 57.1 Å². The Kier molecular flexibility index (Phi) is 13.8. The number of carbonyl (C=O) groups excluding carboxylic acids is 2. The van der Waals surface area contributed by atoms with Gasteiger partial charge in [0.2, 0.25) is 0 Å². The molecule has 2 amide bonds. The van der Waals surface area contributed by atoms with Crippen molar-refractivity contribution in [2.75, 3.05) is 13.2 Å². The average Bonchev–Trinajstić information content (AvgIpc) is 2.74. The number of imide groups is 1. The molecule has 7 heteroatoms. The van der Waals surface area contributed by atoms with Gasteiger partial charge in [0.15, 0.2) is 0 Å². The second-order valence-corrected chi connectivity index (χ2v) is 10.9. The Morgan fingerprint density at radius 2 is 1.14 bits per heavy atom. The van der Waals surface area contributed by atoms with E-state index in [2.05, 4.69) is 0 Å². The van der Waals surface area contributed by atoms with Gasteiger partial charge in [-0.2, -0.15) is 0 Å². The zero-order valence-electron chi connectivity index (χ0n) is 22.7. The van der Waals surface area contributed by atoms with E-state index >= 15 is 0 Å². The van der Waals surface area contributed by atoms with Crippen LogP contribution >= 0.6 is 0 Å². The third kappa shape index (κ3) is 15.4. The lowest BCUT2D eigenvalue weighted by atomic mass is 10.1. The predicted molar refractivity (Wildman–Crippen MR) is 139 cm³/mol. The van der Waals surface area contributed by atoms with Gasteiger partial charge >= 0.3 is 12.2 Å². The first kappa shape index (κ1) is 30.8. The molecular formula is C28H47NO6. The SMILES string of the molecule is CC(C)(C)OC(=O)N(CCCCCCCCCCCOc1ccc(CO)cc1)C(=O)OC(C)(C)C. The number of hydrogen-bond acceptors (Lipinski definition) is 6. The Balaban J connectivity index is 2.15. The molecule has 0 radical (unpaired) electrons. The van der Waals surface area contributed by atoms with Crippen molar-refractivity contribution >= 4 is 12.2 Å². The summed E-state index contributed by atoms with van der Waals surface area (Å²) in [6.45, 7) is 11.7. The molecule has 1 N–H and O–H groups in total. The molecule has 0 saturated carbocycles. The molecular weight excluding hydrogens is 446 g/mol. The number of aliphatic hydroxyl groups excluding tert-OH is 1. The standard InChI is InChI=1S/C28H47NO6/c1-27(2,3)34-25(31)29(26(32)35-28(4,5)6)20-14-12-10-8-7-9-11-13-15-21-33-24-18-16-23(22-30)17-19-24/h16-19,30H,7-15,20-22H2,1-6H3. The molecule has 0 aromatic heterocycles. The van der Waals surface area contributed by atoms with Crippen molar-refractivity contribution < 1.29 is 28.9 Å². The van der Waals surface area contributed by atoms with Gasteiger partial charge in [-0.3, -0.25) is 0 Å². The van der Waals surface area contributed by atoms with E-state index in [1.54, 1.807) is 41.5 Å². The molecule has 0 bridgehead atoms. The fourth-order valence-corrected chi connectivity index (χ4v) is 3.38. The first-order chi connectivity index (χ1) is 16.4.